The molecule has 26 heavy (non-hydrogen) atoms. The highest BCUT2D eigenvalue weighted by Crippen LogP contribution is 2.26. The second-order valence-corrected chi connectivity index (χ2v) is 6.52. The smallest absolute Gasteiger partial charge is 0.252 e. The lowest BCUT2D eigenvalue weighted by Crippen LogP contribution is -2.15. The first-order valence-corrected chi connectivity index (χ1v) is 8.68. The van der Waals surface area contributed by atoms with Crippen molar-refractivity contribution in [1.29, 1.82) is 0 Å². The maximum absolute atomic E-state index is 9.26. The van der Waals surface area contributed by atoms with E-state index in [-0.39, 0.29) is 18.1 Å². The van der Waals surface area contributed by atoms with Crippen LogP contribution in [0.3, 0.4) is 0 Å². The van der Waals surface area contributed by atoms with E-state index in [1.165, 1.54) is 11.6 Å². The summed E-state index contributed by atoms with van der Waals surface area (Å²) in [6, 6.07) is 17.1. The van der Waals surface area contributed by atoms with Crippen molar-refractivity contribution in [1.82, 2.24) is 5.16 Å². The maximum Gasteiger partial charge on any atom is 0.252 e. The van der Waals surface area contributed by atoms with Gasteiger partial charge in [0, 0.05) is 18.1 Å². The van der Waals surface area contributed by atoms with E-state index < -0.39 is 0 Å². The molecule has 0 saturated heterocycles. The molecule has 0 radical (unpaired) electrons. The van der Waals surface area contributed by atoms with Crippen LogP contribution in [0.2, 0.25) is 0 Å². The number of ether oxygens (including phenoxy) is 2. The molecule has 1 N–H and O–H groups in total. The average Bonchev–Trinajstić information content (AvgIpc) is 3.01. The van der Waals surface area contributed by atoms with Crippen LogP contribution in [0.15, 0.2) is 59.1 Å². The van der Waals surface area contributed by atoms with Crippen molar-refractivity contribution < 1.29 is 19.1 Å². The summed E-state index contributed by atoms with van der Waals surface area (Å²) < 4.78 is 16.8. The highest BCUT2D eigenvalue weighted by Gasteiger charge is 2.09. The largest absolute Gasteiger partial charge is 0.491 e. The predicted octanol–water partition coefficient (Wildman–Crippen LogP) is 4.84. The highest BCUT2D eigenvalue weighted by atomic mass is 16.5. The topological polar surface area (TPSA) is 64.7 Å². The number of hydrogen-bond acceptors (Lipinski definition) is 5. The zero-order valence-corrected chi connectivity index (χ0v) is 15.2. The average molecular weight is 353 g/mol. The van der Waals surface area contributed by atoms with E-state index in [1.54, 1.807) is 0 Å². The van der Waals surface area contributed by atoms with Gasteiger partial charge in [0.2, 0.25) is 0 Å². The lowest BCUT2D eigenvalue weighted by Gasteiger charge is -2.16. The molecule has 1 heterocycles. The van der Waals surface area contributed by atoms with Gasteiger partial charge in [0.15, 0.2) is 5.76 Å². The molecule has 1 aromatic heterocycles. The fourth-order valence-corrected chi connectivity index (χ4v) is 2.72. The zero-order chi connectivity index (χ0) is 18.5. The minimum Gasteiger partial charge on any atom is -0.491 e. The van der Waals surface area contributed by atoms with Gasteiger partial charge in [-0.3, -0.25) is 0 Å². The van der Waals surface area contributed by atoms with Crippen molar-refractivity contribution in [3.8, 4) is 28.7 Å². The predicted molar refractivity (Wildman–Crippen MR) is 99.6 cm³/mol. The van der Waals surface area contributed by atoms with E-state index in [2.05, 4.69) is 17.3 Å². The molecule has 0 spiro atoms. The van der Waals surface area contributed by atoms with E-state index in [0.717, 1.165) is 23.5 Å². The second-order valence-electron chi connectivity index (χ2n) is 6.52. The Labute approximate surface area is 153 Å². The van der Waals surface area contributed by atoms with Gasteiger partial charge in [-0.1, -0.05) is 12.1 Å². The maximum atomic E-state index is 9.26. The molecule has 0 saturated carbocycles. The van der Waals surface area contributed by atoms with E-state index in [0.29, 0.717) is 5.76 Å². The molecule has 5 heteroatoms. The Balaban J connectivity index is 1.60. The van der Waals surface area contributed by atoms with Crippen LogP contribution in [0.5, 0.6) is 17.4 Å². The summed E-state index contributed by atoms with van der Waals surface area (Å²) in [7, 11) is 0. The molecule has 1 atom stereocenters. The third kappa shape index (κ3) is 4.79. The first kappa shape index (κ1) is 17.9. The van der Waals surface area contributed by atoms with Crippen LogP contribution >= 0.6 is 0 Å². The summed E-state index contributed by atoms with van der Waals surface area (Å²) in [5.41, 5.74) is 2.00. The molecular weight excluding hydrogens is 330 g/mol. The molecule has 0 unspecified atom stereocenters. The van der Waals surface area contributed by atoms with Crippen LogP contribution in [0, 0.1) is 0 Å². The molecule has 0 bridgehead atoms. The Hall–Kier alpha value is -2.95. The number of aromatic hydroxyl groups is 1. The fourth-order valence-electron chi connectivity index (χ4n) is 2.72. The first-order chi connectivity index (χ1) is 12.5. The third-order valence-electron chi connectivity index (χ3n) is 3.77. The molecule has 5 nitrogen and oxygen atoms in total. The van der Waals surface area contributed by atoms with E-state index in [9.17, 15) is 5.11 Å². The lowest BCUT2D eigenvalue weighted by atomic mass is 10.1. The van der Waals surface area contributed by atoms with Gasteiger partial charge in [-0.2, -0.15) is 0 Å². The summed E-state index contributed by atoms with van der Waals surface area (Å²) in [5, 5.41) is 12.7. The molecule has 136 valence electrons. The number of rotatable bonds is 7. The van der Waals surface area contributed by atoms with Gasteiger partial charge in [-0.15, -0.1) is 0 Å². The van der Waals surface area contributed by atoms with Gasteiger partial charge < -0.3 is 19.1 Å². The van der Waals surface area contributed by atoms with Gasteiger partial charge in [-0.05, 0) is 67.9 Å². The summed E-state index contributed by atoms with van der Waals surface area (Å²) >= 11 is 0. The number of aromatic nitrogens is 1. The van der Waals surface area contributed by atoms with Crippen LogP contribution in [0.25, 0.3) is 11.3 Å². The normalized spacial score (nSPS) is 12.2. The summed E-state index contributed by atoms with van der Waals surface area (Å²) in [6.07, 6.45) is 0.959. The monoisotopic (exact) mass is 353 g/mol. The standard InChI is InChI=1S/C21H23NO4/c1-14(2)24-19-6-4-5-16(12-19)11-15(3)25-18-9-7-17(8-10-18)20-13-21(23)22-26-20/h4-10,12-15H,11H2,1-3H3,(H,22,23)/t15-/m0/s1. The van der Waals surface area contributed by atoms with Crippen molar-refractivity contribution >= 4 is 0 Å². The van der Waals surface area contributed by atoms with E-state index in [1.807, 2.05) is 57.2 Å². The van der Waals surface area contributed by atoms with Gasteiger partial charge in [-0.25, -0.2) is 0 Å². The van der Waals surface area contributed by atoms with Gasteiger partial charge in [0.05, 0.1) is 12.2 Å². The van der Waals surface area contributed by atoms with Crippen molar-refractivity contribution in [2.45, 2.75) is 39.4 Å². The number of hydrogen-bond donors (Lipinski definition) is 1. The Bertz CT molecular complexity index is 839. The Morgan fingerprint density at radius 2 is 1.73 bits per heavy atom. The Morgan fingerprint density at radius 1 is 0.962 bits per heavy atom. The minimum absolute atomic E-state index is 0.0180. The molecule has 0 aliphatic rings. The van der Waals surface area contributed by atoms with Crippen molar-refractivity contribution in [3.05, 3.63) is 60.2 Å². The van der Waals surface area contributed by atoms with Crippen molar-refractivity contribution in [3.63, 3.8) is 0 Å². The van der Waals surface area contributed by atoms with Gasteiger partial charge >= 0.3 is 0 Å². The van der Waals surface area contributed by atoms with E-state index in [4.69, 9.17) is 14.0 Å². The molecule has 3 rings (SSSR count). The third-order valence-corrected chi connectivity index (χ3v) is 3.77. The van der Waals surface area contributed by atoms with Crippen LogP contribution in [0.4, 0.5) is 0 Å². The Morgan fingerprint density at radius 3 is 2.38 bits per heavy atom. The molecule has 2 aromatic carbocycles. The summed E-state index contributed by atoms with van der Waals surface area (Å²) in [5.74, 6) is 2.05. The van der Waals surface area contributed by atoms with Crippen LogP contribution in [-0.4, -0.2) is 22.5 Å². The van der Waals surface area contributed by atoms with Crippen molar-refractivity contribution in [2.75, 3.05) is 0 Å². The molecule has 0 fully saturated rings. The van der Waals surface area contributed by atoms with Gasteiger partial charge in [0.1, 0.15) is 11.5 Å². The first-order valence-electron chi connectivity index (χ1n) is 8.68. The lowest BCUT2D eigenvalue weighted by molar-refractivity contribution is 0.221. The molecule has 3 aromatic rings. The SMILES string of the molecule is CC(C)Oc1cccc(C[C@H](C)Oc2ccc(-c3cc(O)no3)cc2)c1. The quantitative estimate of drug-likeness (QED) is 0.658. The number of nitrogens with zero attached hydrogens (tertiary/aromatic N) is 1. The fraction of sp³-hybridized carbons (Fsp3) is 0.286. The number of benzene rings is 2. The molecular formula is C21H23NO4. The zero-order valence-electron chi connectivity index (χ0n) is 15.2. The summed E-state index contributed by atoms with van der Waals surface area (Å²) in [4.78, 5) is 0. The van der Waals surface area contributed by atoms with E-state index >= 15 is 0 Å². The molecule has 0 aliphatic carbocycles. The minimum atomic E-state index is -0.127. The van der Waals surface area contributed by atoms with Gasteiger partial charge in [0.25, 0.3) is 5.88 Å². The summed E-state index contributed by atoms with van der Waals surface area (Å²) in [6.45, 7) is 6.07. The molecule has 0 aliphatic heterocycles. The van der Waals surface area contributed by atoms with Crippen molar-refractivity contribution in [2.24, 2.45) is 0 Å². The molecule has 0 amide bonds. The second kappa shape index (κ2) is 7.95. The van der Waals surface area contributed by atoms with Crippen LogP contribution in [-0.2, 0) is 6.42 Å². The Kier molecular flexibility index (Phi) is 5.46. The highest BCUT2D eigenvalue weighted by molar-refractivity contribution is 5.58. The van der Waals surface area contributed by atoms with Crippen LogP contribution in [0.1, 0.15) is 26.3 Å². The van der Waals surface area contributed by atoms with Crippen LogP contribution < -0.4 is 9.47 Å².